The molecule has 1 aliphatic heterocycles. The molecule has 1 aromatic rings. The first-order valence-electron chi connectivity index (χ1n) is 6.69. The Morgan fingerprint density at radius 1 is 1.35 bits per heavy atom. The van der Waals surface area contributed by atoms with E-state index in [1.54, 1.807) is 12.1 Å². The van der Waals surface area contributed by atoms with Crippen molar-refractivity contribution in [1.29, 1.82) is 0 Å². The van der Waals surface area contributed by atoms with E-state index in [9.17, 15) is 13.2 Å². The number of carbonyl (C=O) groups is 1. The van der Waals surface area contributed by atoms with Gasteiger partial charge >= 0.3 is 0 Å². The first-order valence-corrected chi connectivity index (χ1v) is 8.58. The lowest BCUT2D eigenvalue weighted by molar-refractivity contribution is -0.119. The molecule has 2 unspecified atom stereocenters. The monoisotopic (exact) mass is 296 g/mol. The third kappa shape index (κ3) is 3.80. The van der Waals surface area contributed by atoms with Crippen LogP contribution in [0.15, 0.2) is 29.2 Å². The third-order valence-corrected chi connectivity index (χ3v) is 4.69. The van der Waals surface area contributed by atoms with Crippen LogP contribution < -0.4 is 10.6 Å². The molecule has 1 aliphatic rings. The first-order chi connectivity index (χ1) is 9.36. The molecule has 0 aliphatic carbocycles. The van der Waals surface area contributed by atoms with E-state index >= 15 is 0 Å². The molecule has 1 heterocycles. The summed E-state index contributed by atoms with van der Waals surface area (Å²) in [4.78, 5) is 11.4. The molecule has 1 amide bonds. The number of amides is 1. The van der Waals surface area contributed by atoms with E-state index in [2.05, 4.69) is 10.6 Å². The molecule has 5 nitrogen and oxygen atoms in total. The number of sulfone groups is 1. The highest BCUT2D eigenvalue weighted by Gasteiger charge is 2.20. The Kier molecular flexibility index (Phi) is 4.45. The zero-order valence-electron chi connectivity index (χ0n) is 11.7. The normalized spacial score (nSPS) is 20.7. The summed E-state index contributed by atoms with van der Waals surface area (Å²) in [7, 11) is -3.14. The van der Waals surface area contributed by atoms with Gasteiger partial charge in [-0.2, -0.15) is 0 Å². The lowest BCUT2D eigenvalue weighted by atomic mass is 10.1. The minimum Gasteiger partial charge on any atom is -0.352 e. The summed E-state index contributed by atoms with van der Waals surface area (Å²) in [6, 6.07) is 7.20. The van der Waals surface area contributed by atoms with Gasteiger partial charge < -0.3 is 10.6 Å². The van der Waals surface area contributed by atoms with Gasteiger partial charge in [0.15, 0.2) is 9.84 Å². The molecule has 1 aromatic carbocycles. The van der Waals surface area contributed by atoms with Crippen LogP contribution in [0.25, 0.3) is 0 Å². The number of benzene rings is 1. The molecule has 0 saturated carbocycles. The Morgan fingerprint density at radius 3 is 2.50 bits per heavy atom. The zero-order valence-corrected chi connectivity index (χ0v) is 12.5. The van der Waals surface area contributed by atoms with Crippen LogP contribution in [-0.4, -0.2) is 33.2 Å². The van der Waals surface area contributed by atoms with Crippen molar-refractivity contribution in [3.05, 3.63) is 29.8 Å². The minimum atomic E-state index is -3.14. The predicted molar refractivity (Wildman–Crippen MR) is 77.1 cm³/mol. The average Bonchev–Trinajstić information content (AvgIpc) is 2.81. The van der Waals surface area contributed by atoms with Crippen LogP contribution in [0.1, 0.15) is 31.4 Å². The van der Waals surface area contributed by atoms with Gasteiger partial charge in [-0.15, -0.1) is 0 Å². The number of carbonyl (C=O) groups excluding carboxylic acids is 1. The minimum absolute atomic E-state index is 0.112. The summed E-state index contributed by atoms with van der Waals surface area (Å²) in [6.45, 7) is 2.74. The van der Waals surface area contributed by atoms with Crippen molar-refractivity contribution in [2.45, 2.75) is 36.7 Å². The van der Waals surface area contributed by atoms with E-state index in [1.807, 2.05) is 19.1 Å². The van der Waals surface area contributed by atoms with Crippen LogP contribution in [0.3, 0.4) is 0 Å². The van der Waals surface area contributed by atoms with Gasteiger partial charge in [-0.25, -0.2) is 8.42 Å². The maximum absolute atomic E-state index is 11.4. The van der Waals surface area contributed by atoms with Crippen molar-refractivity contribution in [3.63, 3.8) is 0 Å². The quantitative estimate of drug-likeness (QED) is 0.850. The number of rotatable bonds is 5. The molecule has 0 aromatic heterocycles. The molecule has 2 N–H and O–H groups in total. The highest BCUT2D eigenvalue weighted by molar-refractivity contribution is 7.90. The summed E-state index contributed by atoms with van der Waals surface area (Å²) >= 11 is 0. The van der Waals surface area contributed by atoms with Gasteiger partial charge in [0.1, 0.15) is 0 Å². The van der Waals surface area contributed by atoms with E-state index in [-0.39, 0.29) is 18.0 Å². The van der Waals surface area contributed by atoms with E-state index in [0.29, 0.717) is 11.3 Å². The van der Waals surface area contributed by atoms with Gasteiger partial charge in [0, 0.05) is 31.3 Å². The Morgan fingerprint density at radius 2 is 2.00 bits per heavy atom. The van der Waals surface area contributed by atoms with E-state index in [0.717, 1.165) is 18.5 Å². The second kappa shape index (κ2) is 5.93. The predicted octanol–water partition coefficient (Wildman–Crippen LogP) is 1.02. The van der Waals surface area contributed by atoms with E-state index in [4.69, 9.17) is 0 Å². The Hall–Kier alpha value is -1.40. The van der Waals surface area contributed by atoms with Crippen molar-refractivity contribution in [2.24, 2.45) is 0 Å². The van der Waals surface area contributed by atoms with Gasteiger partial charge in [0.2, 0.25) is 5.91 Å². The van der Waals surface area contributed by atoms with Crippen molar-refractivity contribution < 1.29 is 13.2 Å². The first kappa shape index (κ1) is 15.0. The van der Waals surface area contributed by atoms with Crippen LogP contribution in [0.4, 0.5) is 0 Å². The van der Waals surface area contributed by atoms with Crippen LogP contribution in [-0.2, 0) is 14.6 Å². The average molecular weight is 296 g/mol. The van der Waals surface area contributed by atoms with Gasteiger partial charge in [0.05, 0.1) is 4.90 Å². The topological polar surface area (TPSA) is 75.3 Å². The maximum Gasteiger partial charge on any atom is 0.220 e. The molecule has 6 heteroatoms. The molecule has 2 rings (SSSR count). The lowest BCUT2D eigenvalue weighted by Gasteiger charge is -2.17. The molecule has 110 valence electrons. The number of nitrogens with one attached hydrogen (secondary N) is 2. The second-order valence-electron chi connectivity index (χ2n) is 5.27. The van der Waals surface area contributed by atoms with Crippen LogP contribution >= 0.6 is 0 Å². The molecule has 0 spiro atoms. The molecule has 1 fully saturated rings. The molecule has 2 atom stereocenters. The zero-order chi connectivity index (χ0) is 14.8. The van der Waals surface area contributed by atoms with Crippen molar-refractivity contribution in [3.8, 4) is 0 Å². The smallest absolute Gasteiger partial charge is 0.220 e. The standard InChI is InChI=1S/C14H20N2O3S/c1-10(15-9-12-5-8-14(17)16-12)11-3-6-13(7-4-11)20(2,18)19/h3-4,6-7,10,12,15H,5,8-9H2,1-2H3,(H,16,17). The SMILES string of the molecule is CC(NCC1CCC(=O)N1)c1ccc(S(C)(=O)=O)cc1. The van der Waals surface area contributed by atoms with Gasteiger partial charge in [0.25, 0.3) is 0 Å². The summed E-state index contributed by atoms with van der Waals surface area (Å²) in [5.41, 5.74) is 1.03. The van der Waals surface area contributed by atoms with Crippen LogP contribution in [0.5, 0.6) is 0 Å². The number of hydrogen-bond donors (Lipinski definition) is 2. The molecular weight excluding hydrogens is 276 g/mol. The van der Waals surface area contributed by atoms with Crippen molar-refractivity contribution >= 4 is 15.7 Å². The van der Waals surface area contributed by atoms with Gasteiger partial charge in [-0.3, -0.25) is 4.79 Å². The fourth-order valence-electron chi connectivity index (χ4n) is 2.27. The third-order valence-electron chi connectivity index (χ3n) is 3.56. The van der Waals surface area contributed by atoms with Crippen molar-refractivity contribution in [1.82, 2.24) is 10.6 Å². The lowest BCUT2D eigenvalue weighted by Crippen LogP contribution is -2.36. The molecule has 0 bridgehead atoms. The largest absolute Gasteiger partial charge is 0.352 e. The summed E-state index contributed by atoms with van der Waals surface area (Å²) in [5, 5.41) is 6.26. The van der Waals surface area contributed by atoms with Crippen LogP contribution in [0, 0.1) is 0 Å². The molecule has 20 heavy (non-hydrogen) atoms. The highest BCUT2D eigenvalue weighted by atomic mass is 32.2. The van der Waals surface area contributed by atoms with Gasteiger partial charge in [-0.05, 0) is 31.0 Å². The Bertz CT molecular complexity index is 581. The fraction of sp³-hybridized carbons (Fsp3) is 0.500. The molecule has 0 radical (unpaired) electrons. The van der Waals surface area contributed by atoms with Gasteiger partial charge in [-0.1, -0.05) is 12.1 Å². The molecular formula is C14H20N2O3S. The number of hydrogen-bond acceptors (Lipinski definition) is 4. The van der Waals surface area contributed by atoms with Crippen LogP contribution in [0.2, 0.25) is 0 Å². The summed E-state index contributed by atoms with van der Waals surface area (Å²) < 4.78 is 22.8. The highest BCUT2D eigenvalue weighted by Crippen LogP contribution is 2.16. The van der Waals surface area contributed by atoms with E-state index in [1.165, 1.54) is 6.26 Å². The van der Waals surface area contributed by atoms with E-state index < -0.39 is 9.84 Å². The fourth-order valence-corrected chi connectivity index (χ4v) is 2.90. The molecule has 1 saturated heterocycles. The summed E-state index contributed by atoms with van der Waals surface area (Å²) in [6.07, 6.45) is 2.67. The Labute approximate surface area is 119 Å². The van der Waals surface area contributed by atoms with Crippen molar-refractivity contribution in [2.75, 3.05) is 12.8 Å². The summed E-state index contributed by atoms with van der Waals surface area (Å²) in [5.74, 6) is 0.113. The maximum atomic E-state index is 11.4. The second-order valence-corrected chi connectivity index (χ2v) is 7.29. The Balaban J connectivity index is 1.92.